The van der Waals surface area contributed by atoms with Gasteiger partial charge < -0.3 is 9.30 Å². The molecular formula is C23H21N5O4S2. The molecule has 34 heavy (non-hydrogen) atoms. The molecule has 0 unspecified atom stereocenters. The van der Waals surface area contributed by atoms with E-state index in [1.165, 1.54) is 36.4 Å². The van der Waals surface area contributed by atoms with Crippen molar-refractivity contribution in [2.45, 2.75) is 30.5 Å². The first-order chi connectivity index (χ1) is 16.4. The van der Waals surface area contributed by atoms with Gasteiger partial charge in [0.15, 0.2) is 4.34 Å². The molecular weight excluding hydrogens is 474 g/mol. The summed E-state index contributed by atoms with van der Waals surface area (Å²) >= 11 is 2.67. The van der Waals surface area contributed by atoms with Gasteiger partial charge in [-0.1, -0.05) is 35.2 Å². The highest BCUT2D eigenvalue weighted by Crippen LogP contribution is 2.28. The zero-order chi connectivity index (χ0) is 24.2. The molecule has 1 amide bonds. The van der Waals surface area contributed by atoms with Crippen molar-refractivity contribution >= 4 is 51.1 Å². The van der Waals surface area contributed by atoms with Crippen LogP contribution < -0.4 is 10.7 Å². The molecule has 0 fully saturated rings. The molecule has 0 radical (unpaired) electrons. The number of aromatic nitrogens is 4. The van der Waals surface area contributed by atoms with Crippen LogP contribution in [0.25, 0.3) is 11.0 Å². The third kappa shape index (κ3) is 5.00. The number of benzene rings is 1. The van der Waals surface area contributed by atoms with E-state index in [0.717, 1.165) is 11.3 Å². The van der Waals surface area contributed by atoms with Gasteiger partial charge in [-0.3, -0.25) is 14.9 Å². The number of amides is 1. The standard InChI is InChI=1S/C23H21N5O4S2/c1-4-28-11-17(18(29)16-10-5-13(2)24-19(16)28)20(30)25-22-26-27-23(34-22)33-12-14-6-8-15(9-7-14)21(31)32-3/h5-11H,4,12H2,1-3H3,(H,25,26,30). The summed E-state index contributed by atoms with van der Waals surface area (Å²) in [5.41, 5.74) is 2.48. The van der Waals surface area contributed by atoms with Crippen molar-refractivity contribution in [3.05, 3.63) is 75.2 Å². The van der Waals surface area contributed by atoms with Gasteiger partial charge in [0, 0.05) is 24.2 Å². The first kappa shape index (κ1) is 23.6. The fraction of sp³-hybridized carbons (Fsp3) is 0.217. The Hall–Kier alpha value is -3.57. The van der Waals surface area contributed by atoms with Gasteiger partial charge in [-0.25, -0.2) is 9.78 Å². The van der Waals surface area contributed by atoms with Crippen molar-refractivity contribution in [3.63, 3.8) is 0 Å². The first-order valence-electron chi connectivity index (χ1n) is 10.3. The average molecular weight is 496 g/mol. The van der Waals surface area contributed by atoms with Crippen molar-refractivity contribution in [1.82, 2.24) is 19.7 Å². The Balaban J connectivity index is 1.46. The van der Waals surface area contributed by atoms with E-state index >= 15 is 0 Å². The molecule has 1 aromatic carbocycles. The predicted molar refractivity (Wildman–Crippen MR) is 132 cm³/mol. The van der Waals surface area contributed by atoms with Crippen LogP contribution in [-0.2, 0) is 17.0 Å². The number of nitrogens with one attached hydrogen (secondary N) is 1. The summed E-state index contributed by atoms with van der Waals surface area (Å²) in [6.07, 6.45) is 1.53. The Labute approximate surface area is 203 Å². The van der Waals surface area contributed by atoms with Crippen LogP contribution in [0.2, 0.25) is 0 Å². The summed E-state index contributed by atoms with van der Waals surface area (Å²) in [5.74, 6) is -0.310. The summed E-state index contributed by atoms with van der Waals surface area (Å²) in [7, 11) is 1.34. The van der Waals surface area contributed by atoms with Crippen LogP contribution in [0, 0.1) is 6.92 Å². The van der Waals surface area contributed by atoms with E-state index in [1.54, 1.807) is 28.8 Å². The Bertz CT molecular complexity index is 1430. The third-order valence-corrected chi connectivity index (χ3v) is 7.05. The molecule has 0 aliphatic rings. The molecule has 3 heterocycles. The number of aryl methyl sites for hydroxylation is 2. The van der Waals surface area contributed by atoms with Crippen LogP contribution in [0.5, 0.6) is 0 Å². The summed E-state index contributed by atoms with van der Waals surface area (Å²) in [5, 5.41) is 11.5. The van der Waals surface area contributed by atoms with E-state index in [2.05, 4.69) is 20.5 Å². The molecule has 0 aliphatic heterocycles. The number of anilines is 1. The maximum atomic E-state index is 12.9. The van der Waals surface area contributed by atoms with Crippen LogP contribution in [0.4, 0.5) is 5.13 Å². The topological polar surface area (TPSA) is 116 Å². The molecule has 0 atom stereocenters. The smallest absolute Gasteiger partial charge is 0.337 e. The predicted octanol–water partition coefficient (Wildman–Crippen LogP) is 3.91. The molecule has 0 aliphatic carbocycles. The van der Waals surface area contributed by atoms with Crippen molar-refractivity contribution in [1.29, 1.82) is 0 Å². The molecule has 9 nitrogen and oxygen atoms in total. The largest absolute Gasteiger partial charge is 0.465 e. The van der Waals surface area contributed by atoms with Gasteiger partial charge in [0.2, 0.25) is 10.6 Å². The van der Waals surface area contributed by atoms with Gasteiger partial charge in [0.25, 0.3) is 5.91 Å². The molecule has 0 spiro atoms. The van der Waals surface area contributed by atoms with Gasteiger partial charge in [-0.15, -0.1) is 10.2 Å². The number of fused-ring (bicyclic) bond motifs is 1. The van der Waals surface area contributed by atoms with E-state index < -0.39 is 5.91 Å². The van der Waals surface area contributed by atoms with Crippen molar-refractivity contribution < 1.29 is 14.3 Å². The highest BCUT2D eigenvalue weighted by atomic mass is 32.2. The summed E-state index contributed by atoms with van der Waals surface area (Å²) in [6.45, 7) is 4.34. The number of carbonyl (C=O) groups excluding carboxylic acids is 2. The van der Waals surface area contributed by atoms with Crippen molar-refractivity contribution in [3.8, 4) is 0 Å². The minimum atomic E-state index is -0.541. The SMILES string of the molecule is CCn1cc(C(=O)Nc2nnc(SCc3ccc(C(=O)OC)cc3)s2)c(=O)c2ccc(C)nc21. The third-order valence-electron chi connectivity index (χ3n) is 5.01. The lowest BCUT2D eigenvalue weighted by molar-refractivity contribution is 0.0600. The van der Waals surface area contributed by atoms with Crippen LogP contribution in [0.1, 0.15) is 38.9 Å². The highest BCUT2D eigenvalue weighted by Gasteiger charge is 2.18. The van der Waals surface area contributed by atoms with E-state index in [1.807, 2.05) is 26.0 Å². The number of hydrogen-bond acceptors (Lipinski definition) is 9. The average Bonchev–Trinajstić information content (AvgIpc) is 3.29. The summed E-state index contributed by atoms with van der Waals surface area (Å²) < 4.78 is 7.15. The van der Waals surface area contributed by atoms with Gasteiger partial charge in [-0.2, -0.15) is 0 Å². The van der Waals surface area contributed by atoms with Crippen molar-refractivity contribution in [2.75, 3.05) is 12.4 Å². The molecule has 0 saturated heterocycles. The van der Waals surface area contributed by atoms with Gasteiger partial charge in [0.1, 0.15) is 11.2 Å². The van der Waals surface area contributed by atoms with E-state index in [0.29, 0.717) is 38.4 Å². The molecule has 0 bridgehead atoms. The number of esters is 1. The number of methoxy groups -OCH3 is 1. The molecule has 11 heteroatoms. The van der Waals surface area contributed by atoms with Gasteiger partial charge in [-0.05, 0) is 43.7 Å². The molecule has 4 aromatic rings. The van der Waals surface area contributed by atoms with Crippen LogP contribution in [0.15, 0.2) is 51.7 Å². The second-order valence-corrected chi connectivity index (χ2v) is 9.49. The van der Waals surface area contributed by atoms with E-state index in [4.69, 9.17) is 4.74 Å². The Morgan fingerprint density at radius 3 is 2.62 bits per heavy atom. The minimum absolute atomic E-state index is 0.0232. The lowest BCUT2D eigenvalue weighted by Gasteiger charge is -2.10. The monoisotopic (exact) mass is 495 g/mol. The number of thioether (sulfide) groups is 1. The van der Waals surface area contributed by atoms with Crippen LogP contribution in [0.3, 0.4) is 0 Å². The maximum absolute atomic E-state index is 12.9. The number of rotatable bonds is 7. The zero-order valence-corrected chi connectivity index (χ0v) is 20.3. The first-order valence-corrected chi connectivity index (χ1v) is 12.2. The number of hydrogen-bond donors (Lipinski definition) is 1. The Morgan fingerprint density at radius 1 is 1.15 bits per heavy atom. The molecule has 3 aromatic heterocycles. The highest BCUT2D eigenvalue weighted by molar-refractivity contribution is 8.00. The van der Waals surface area contributed by atoms with Gasteiger partial charge in [0.05, 0.1) is 18.1 Å². The normalized spacial score (nSPS) is 10.9. The number of nitrogens with zero attached hydrogens (tertiary/aromatic N) is 4. The fourth-order valence-electron chi connectivity index (χ4n) is 3.25. The second-order valence-electron chi connectivity index (χ2n) is 7.29. The minimum Gasteiger partial charge on any atom is -0.465 e. The van der Waals surface area contributed by atoms with Crippen LogP contribution >= 0.6 is 23.1 Å². The maximum Gasteiger partial charge on any atom is 0.337 e. The molecule has 4 rings (SSSR count). The quantitative estimate of drug-likeness (QED) is 0.233. The Kier molecular flexibility index (Phi) is 7.03. The zero-order valence-electron chi connectivity index (χ0n) is 18.7. The van der Waals surface area contributed by atoms with Crippen LogP contribution in [-0.4, -0.2) is 38.7 Å². The number of carbonyl (C=O) groups is 2. The fourth-order valence-corrected chi connectivity index (χ4v) is 4.95. The second kappa shape index (κ2) is 10.1. The number of ether oxygens (including phenoxy) is 1. The van der Waals surface area contributed by atoms with Crippen molar-refractivity contribution in [2.24, 2.45) is 0 Å². The number of pyridine rings is 2. The Morgan fingerprint density at radius 2 is 1.91 bits per heavy atom. The molecule has 1 N–H and O–H groups in total. The molecule has 174 valence electrons. The lowest BCUT2D eigenvalue weighted by Crippen LogP contribution is -2.24. The van der Waals surface area contributed by atoms with E-state index in [-0.39, 0.29) is 17.0 Å². The molecule has 0 saturated carbocycles. The lowest BCUT2D eigenvalue weighted by atomic mass is 10.1. The van der Waals surface area contributed by atoms with E-state index in [9.17, 15) is 14.4 Å². The summed E-state index contributed by atoms with van der Waals surface area (Å²) in [4.78, 5) is 41.7. The van der Waals surface area contributed by atoms with Gasteiger partial charge >= 0.3 is 5.97 Å². The summed E-state index contributed by atoms with van der Waals surface area (Å²) in [6, 6.07) is 10.5.